The molecule has 2 aliphatic rings. The molecule has 2 aliphatic heterocycles. The topological polar surface area (TPSA) is 105 Å². The number of hydrogen-bond acceptors (Lipinski definition) is 6. The average molecular weight is 442 g/mol. The number of ether oxygens (including phenoxy) is 1. The van der Waals surface area contributed by atoms with Crippen molar-refractivity contribution in [1.82, 2.24) is 4.31 Å². The second-order valence-corrected chi connectivity index (χ2v) is 10.2. The fourth-order valence-corrected chi connectivity index (χ4v) is 6.50. The van der Waals surface area contributed by atoms with Crippen molar-refractivity contribution < 1.29 is 22.7 Å². The summed E-state index contributed by atoms with van der Waals surface area (Å²) in [6.45, 7) is 0.213. The highest BCUT2D eigenvalue weighted by Gasteiger charge is 2.40. The van der Waals surface area contributed by atoms with Crippen molar-refractivity contribution in [3.8, 4) is 5.75 Å². The zero-order chi connectivity index (χ0) is 19.9. The van der Waals surface area contributed by atoms with Crippen molar-refractivity contribution >= 4 is 56.2 Å². The monoisotopic (exact) mass is 441 g/mol. The van der Waals surface area contributed by atoms with Crippen molar-refractivity contribution in [2.75, 3.05) is 23.8 Å². The number of nitrogens with zero attached hydrogens (tertiary/aromatic N) is 1. The maximum Gasteiger partial charge on any atom is 0.262 e. The molecule has 1 fully saturated rings. The minimum atomic E-state index is -3.80. The van der Waals surface area contributed by atoms with E-state index in [1.807, 2.05) is 0 Å². The number of benzene rings is 1. The number of anilines is 2. The first kappa shape index (κ1) is 19.2. The number of nitrogens with one attached hydrogen (secondary N) is 2. The molecule has 2 aromatic rings. The second kappa shape index (κ2) is 7.36. The SMILES string of the molecule is O=C1COc2ccc(NC(=O)C3CCCN3S(=O)(=O)c3ccc(Cl)s3)cc2N1. The molecule has 0 spiro atoms. The van der Waals surface area contributed by atoms with Crippen molar-refractivity contribution in [1.29, 1.82) is 0 Å². The molecule has 0 bridgehead atoms. The van der Waals surface area contributed by atoms with Crippen molar-refractivity contribution in [3.63, 3.8) is 0 Å². The summed E-state index contributed by atoms with van der Waals surface area (Å²) >= 11 is 6.83. The van der Waals surface area contributed by atoms with Crippen LogP contribution in [0.25, 0.3) is 0 Å². The number of sulfonamides is 1. The lowest BCUT2D eigenvalue weighted by molar-refractivity contribution is -0.119. The highest BCUT2D eigenvalue weighted by atomic mass is 35.5. The molecule has 4 rings (SSSR count). The van der Waals surface area contributed by atoms with Gasteiger partial charge in [0.15, 0.2) is 6.61 Å². The molecule has 28 heavy (non-hydrogen) atoms. The number of hydrogen-bond donors (Lipinski definition) is 2. The molecular formula is C17H16ClN3O5S2. The zero-order valence-corrected chi connectivity index (χ0v) is 16.9. The average Bonchev–Trinajstić information content (AvgIpc) is 3.31. The molecule has 2 amide bonds. The van der Waals surface area contributed by atoms with Gasteiger partial charge in [0.25, 0.3) is 15.9 Å². The summed E-state index contributed by atoms with van der Waals surface area (Å²) in [5.74, 6) is -0.192. The predicted molar refractivity (Wildman–Crippen MR) is 105 cm³/mol. The summed E-state index contributed by atoms with van der Waals surface area (Å²) in [6, 6.07) is 7.02. The number of halogens is 1. The summed E-state index contributed by atoms with van der Waals surface area (Å²) in [4.78, 5) is 24.2. The van der Waals surface area contributed by atoms with Crippen LogP contribution in [0.2, 0.25) is 4.34 Å². The minimum absolute atomic E-state index is 0.0552. The number of amides is 2. The Morgan fingerprint density at radius 1 is 1.32 bits per heavy atom. The van der Waals surface area contributed by atoms with Crippen molar-refractivity contribution in [3.05, 3.63) is 34.7 Å². The molecule has 0 radical (unpaired) electrons. The third-order valence-corrected chi connectivity index (χ3v) is 8.10. The van der Waals surface area contributed by atoms with Crippen molar-refractivity contribution in [2.24, 2.45) is 0 Å². The van der Waals surface area contributed by atoms with E-state index in [4.69, 9.17) is 16.3 Å². The van der Waals surface area contributed by atoms with E-state index in [1.54, 1.807) is 18.2 Å². The first-order valence-electron chi connectivity index (χ1n) is 8.49. The molecule has 3 heterocycles. The van der Waals surface area contributed by atoms with Crippen molar-refractivity contribution in [2.45, 2.75) is 23.1 Å². The van der Waals surface area contributed by atoms with E-state index < -0.39 is 22.0 Å². The van der Waals surface area contributed by atoms with E-state index in [1.165, 1.54) is 16.4 Å². The van der Waals surface area contributed by atoms with E-state index in [0.29, 0.717) is 34.3 Å². The summed E-state index contributed by atoms with van der Waals surface area (Å²) < 4.78 is 32.7. The molecule has 1 atom stereocenters. The third kappa shape index (κ3) is 3.60. The fraction of sp³-hybridized carbons (Fsp3) is 0.294. The Labute approximate surface area is 170 Å². The summed E-state index contributed by atoms with van der Waals surface area (Å²) in [5, 5.41) is 5.40. The maximum absolute atomic E-state index is 12.9. The second-order valence-electron chi connectivity index (χ2n) is 6.37. The van der Waals surface area contributed by atoms with Gasteiger partial charge < -0.3 is 15.4 Å². The van der Waals surface area contributed by atoms with Crippen LogP contribution in [0.4, 0.5) is 11.4 Å². The van der Waals surface area contributed by atoms with Crippen LogP contribution in [0.3, 0.4) is 0 Å². The van der Waals surface area contributed by atoms with Gasteiger partial charge in [0, 0.05) is 12.2 Å². The van der Waals surface area contributed by atoms with E-state index in [9.17, 15) is 18.0 Å². The van der Waals surface area contributed by atoms with E-state index in [2.05, 4.69) is 10.6 Å². The number of thiophene rings is 1. The van der Waals surface area contributed by atoms with Crippen LogP contribution < -0.4 is 15.4 Å². The first-order chi connectivity index (χ1) is 13.3. The van der Waals surface area contributed by atoms with Gasteiger partial charge in [-0.3, -0.25) is 9.59 Å². The van der Waals surface area contributed by atoms with Gasteiger partial charge in [0.1, 0.15) is 16.0 Å². The van der Waals surface area contributed by atoms with E-state index in [0.717, 1.165) is 11.3 Å². The molecule has 0 saturated carbocycles. The molecular weight excluding hydrogens is 426 g/mol. The Balaban J connectivity index is 1.53. The Morgan fingerprint density at radius 2 is 2.14 bits per heavy atom. The first-order valence-corrected chi connectivity index (χ1v) is 11.1. The standard InChI is InChI=1S/C17H16ClN3O5S2/c18-14-5-6-16(27-14)28(24,25)21-7-1-2-12(21)17(23)19-10-3-4-13-11(8-10)20-15(22)9-26-13/h3-6,8,12H,1-2,7,9H2,(H,19,23)(H,20,22). The summed E-state index contributed by atoms with van der Waals surface area (Å²) in [5.41, 5.74) is 0.899. The lowest BCUT2D eigenvalue weighted by atomic mass is 10.2. The normalized spacial score (nSPS) is 19.6. The number of carbonyl (C=O) groups excluding carboxylic acids is 2. The quantitative estimate of drug-likeness (QED) is 0.758. The van der Waals surface area contributed by atoms with Crippen LogP contribution in [0.1, 0.15) is 12.8 Å². The van der Waals surface area contributed by atoms with Gasteiger partial charge in [-0.25, -0.2) is 8.42 Å². The van der Waals surface area contributed by atoms with Gasteiger partial charge in [-0.2, -0.15) is 4.31 Å². The van der Waals surface area contributed by atoms with Gasteiger partial charge in [0.05, 0.1) is 10.0 Å². The van der Waals surface area contributed by atoms with Crippen LogP contribution in [-0.4, -0.2) is 43.7 Å². The number of rotatable bonds is 4. The van der Waals surface area contributed by atoms with Gasteiger partial charge in [-0.05, 0) is 43.2 Å². The fourth-order valence-electron chi connectivity index (χ4n) is 3.23. The Hall–Kier alpha value is -2.14. The lowest BCUT2D eigenvalue weighted by Gasteiger charge is -2.23. The number of carbonyl (C=O) groups is 2. The predicted octanol–water partition coefficient (Wildman–Crippen LogP) is 2.52. The van der Waals surface area contributed by atoms with Gasteiger partial charge in [0.2, 0.25) is 5.91 Å². The summed E-state index contributed by atoms with van der Waals surface area (Å²) in [6.07, 6.45) is 1.01. The Kier molecular flexibility index (Phi) is 5.04. The molecule has 2 N–H and O–H groups in total. The number of fused-ring (bicyclic) bond motifs is 1. The van der Waals surface area contributed by atoms with Gasteiger partial charge in [-0.1, -0.05) is 11.6 Å². The maximum atomic E-state index is 12.9. The lowest BCUT2D eigenvalue weighted by Crippen LogP contribution is -2.42. The van der Waals surface area contributed by atoms with Crippen LogP contribution in [0, 0.1) is 0 Å². The summed E-state index contributed by atoms with van der Waals surface area (Å²) in [7, 11) is -3.80. The molecule has 11 heteroatoms. The molecule has 148 valence electrons. The van der Waals surface area contributed by atoms with Gasteiger partial charge >= 0.3 is 0 Å². The molecule has 1 saturated heterocycles. The van der Waals surface area contributed by atoms with Gasteiger partial charge in [-0.15, -0.1) is 11.3 Å². The molecule has 8 nitrogen and oxygen atoms in total. The van der Waals surface area contributed by atoms with E-state index in [-0.39, 0.29) is 23.3 Å². The zero-order valence-electron chi connectivity index (χ0n) is 14.5. The highest BCUT2D eigenvalue weighted by molar-refractivity contribution is 7.91. The third-order valence-electron chi connectivity index (χ3n) is 4.50. The molecule has 0 aliphatic carbocycles. The molecule has 1 unspecified atom stereocenters. The van der Waals surface area contributed by atoms with Crippen LogP contribution in [0.5, 0.6) is 5.75 Å². The van der Waals surface area contributed by atoms with Crippen LogP contribution in [-0.2, 0) is 19.6 Å². The minimum Gasteiger partial charge on any atom is -0.482 e. The Bertz CT molecular complexity index is 1050. The van der Waals surface area contributed by atoms with Crippen LogP contribution >= 0.6 is 22.9 Å². The largest absolute Gasteiger partial charge is 0.482 e. The van der Waals surface area contributed by atoms with E-state index >= 15 is 0 Å². The smallest absolute Gasteiger partial charge is 0.262 e. The van der Waals surface area contributed by atoms with Crippen LogP contribution in [0.15, 0.2) is 34.5 Å². The highest BCUT2D eigenvalue weighted by Crippen LogP contribution is 2.34. The molecule has 1 aromatic carbocycles. The Morgan fingerprint density at radius 3 is 2.89 bits per heavy atom. The molecule has 1 aromatic heterocycles.